The van der Waals surface area contributed by atoms with Crippen LogP contribution in [0, 0.1) is 11.8 Å². The van der Waals surface area contributed by atoms with Gasteiger partial charge in [-0.1, -0.05) is 30.0 Å². The number of halogens is 3. The first-order valence-electron chi connectivity index (χ1n) is 6.04. The molecule has 7 heteroatoms. The van der Waals surface area contributed by atoms with Gasteiger partial charge < -0.3 is 0 Å². The summed E-state index contributed by atoms with van der Waals surface area (Å²) in [7, 11) is -5.40. The third-order valence-corrected chi connectivity index (χ3v) is 3.68. The molecule has 22 heavy (non-hydrogen) atoms. The molecule has 3 nitrogen and oxygen atoms in total. The van der Waals surface area contributed by atoms with Crippen molar-refractivity contribution in [1.82, 2.24) is 0 Å². The number of rotatable bonds is 2. The van der Waals surface area contributed by atoms with Gasteiger partial charge in [0.05, 0.1) is 0 Å². The molecule has 0 atom stereocenters. The minimum Gasteiger partial charge on any atom is -0.276 e. The highest BCUT2D eigenvalue weighted by molar-refractivity contribution is 7.93. The maximum atomic E-state index is 12.2. The van der Waals surface area contributed by atoms with Crippen molar-refractivity contribution in [3.05, 3.63) is 65.7 Å². The summed E-state index contributed by atoms with van der Waals surface area (Å²) in [4.78, 5) is 0. The maximum Gasteiger partial charge on any atom is 0.516 e. The van der Waals surface area contributed by atoms with Gasteiger partial charge in [-0.15, -0.1) is 0 Å². The van der Waals surface area contributed by atoms with Gasteiger partial charge in [-0.25, -0.2) is 0 Å². The Balaban J connectivity index is 2.14. The molecule has 2 aromatic carbocycles. The molecule has 0 aliphatic heterocycles. The van der Waals surface area contributed by atoms with Crippen LogP contribution < -0.4 is 4.72 Å². The number of hydrogen-bond donors (Lipinski definition) is 1. The standard InChI is InChI=1S/C15H10F3NO2S/c16-15(17,18)22(20,21)19-14-10-8-13(9-11-14)7-6-12-4-2-1-3-5-12/h1-5,8-11,19H. The van der Waals surface area contributed by atoms with Crippen molar-refractivity contribution in [2.45, 2.75) is 5.51 Å². The maximum absolute atomic E-state index is 12.2. The van der Waals surface area contributed by atoms with Crippen LogP contribution in [0.1, 0.15) is 11.1 Å². The fourth-order valence-electron chi connectivity index (χ4n) is 1.50. The Morgan fingerprint density at radius 2 is 1.32 bits per heavy atom. The summed E-state index contributed by atoms with van der Waals surface area (Å²) in [5, 5.41) is 0. The summed E-state index contributed by atoms with van der Waals surface area (Å²) < 4.78 is 60.1. The molecule has 0 saturated carbocycles. The minimum atomic E-state index is -5.40. The third-order valence-electron chi connectivity index (χ3n) is 2.57. The van der Waals surface area contributed by atoms with Gasteiger partial charge >= 0.3 is 15.5 Å². The largest absolute Gasteiger partial charge is 0.516 e. The smallest absolute Gasteiger partial charge is 0.276 e. The lowest BCUT2D eigenvalue weighted by molar-refractivity contribution is -0.0429. The van der Waals surface area contributed by atoms with E-state index in [4.69, 9.17) is 0 Å². The molecule has 0 saturated heterocycles. The van der Waals surface area contributed by atoms with Gasteiger partial charge in [0.2, 0.25) is 0 Å². The van der Waals surface area contributed by atoms with Crippen LogP contribution in [0.4, 0.5) is 18.9 Å². The van der Waals surface area contributed by atoms with Crippen molar-refractivity contribution in [2.75, 3.05) is 4.72 Å². The van der Waals surface area contributed by atoms with Crippen molar-refractivity contribution < 1.29 is 21.6 Å². The average Bonchev–Trinajstić information content (AvgIpc) is 2.46. The summed E-state index contributed by atoms with van der Waals surface area (Å²) in [6.45, 7) is 0. The van der Waals surface area contributed by atoms with E-state index >= 15 is 0 Å². The van der Waals surface area contributed by atoms with Gasteiger partial charge in [0.1, 0.15) is 0 Å². The molecule has 0 bridgehead atoms. The monoisotopic (exact) mass is 325 g/mol. The van der Waals surface area contributed by atoms with E-state index in [1.807, 2.05) is 30.3 Å². The zero-order valence-electron chi connectivity index (χ0n) is 11.1. The van der Waals surface area contributed by atoms with Crippen LogP contribution in [0.15, 0.2) is 54.6 Å². The highest BCUT2D eigenvalue weighted by atomic mass is 32.2. The Hall–Kier alpha value is -2.46. The predicted octanol–water partition coefficient (Wildman–Crippen LogP) is 3.35. The van der Waals surface area contributed by atoms with Gasteiger partial charge in [-0.2, -0.15) is 21.6 Å². The average molecular weight is 325 g/mol. The van der Waals surface area contributed by atoms with Crippen LogP contribution in [-0.4, -0.2) is 13.9 Å². The van der Waals surface area contributed by atoms with Crippen molar-refractivity contribution in [3.8, 4) is 11.8 Å². The third kappa shape index (κ3) is 4.02. The zero-order chi connectivity index (χ0) is 16.2. The van der Waals surface area contributed by atoms with E-state index in [2.05, 4.69) is 11.8 Å². The molecule has 2 aromatic rings. The second-order valence-electron chi connectivity index (χ2n) is 4.24. The molecule has 0 spiro atoms. The summed E-state index contributed by atoms with van der Waals surface area (Å²) >= 11 is 0. The predicted molar refractivity (Wildman–Crippen MR) is 77.5 cm³/mol. The molecule has 0 aliphatic carbocycles. The van der Waals surface area contributed by atoms with Crippen LogP contribution in [0.2, 0.25) is 0 Å². The molecular weight excluding hydrogens is 315 g/mol. The first-order chi connectivity index (χ1) is 10.3. The molecule has 0 aromatic heterocycles. The zero-order valence-corrected chi connectivity index (χ0v) is 11.9. The normalized spacial score (nSPS) is 11.4. The van der Waals surface area contributed by atoms with E-state index in [1.54, 1.807) is 0 Å². The number of sulfonamides is 1. The van der Waals surface area contributed by atoms with Gasteiger partial charge in [-0.05, 0) is 36.4 Å². The lowest BCUT2D eigenvalue weighted by atomic mass is 10.2. The van der Waals surface area contributed by atoms with Crippen molar-refractivity contribution >= 4 is 15.7 Å². The van der Waals surface area contributed by atoms with Crippen LogP contribution in [-0.2, 0) is 10.0 Å². The van der Waals surface area contributed by atoms with Gasteiger partial charge in [0.15, 0.2) is 0 Å². The minimum absolute atomic E-state index is 0.178. The molecule has 0 aliphatic rings. The molecular formula is C15H10F3NO2S. The van der Waals surface area contributed by atoms with Gasteiger partial charge in [0, 0.05) is 16.8 Å². The highest BCUT2D eigenvalue weighted by Gasteiger charge is 2.45. The van der Waals surface area contributed by atoms with Gasteiger partial charge in [-0.3, -0.25) is 4.72 Å². The first-order valence-corrected chi connectivity index (χ1v) is 7.52. The quantitative estimate of drug-likeness (QED) is 0.861. The lowest BCUT2D eigenvalue weighted by Gasteiger charge is -2.10. The Kier molecular flexibility index (Phi) is 4.43. The van der Waals surface area contributed by atoms with Gasteiger partial charge in [0.25, 0.3) is 0 Å². The van der Waals surface area contributed by atoms with Crippen LogP contribution >= 0.6 is 0 Å². The first kappa shape index (κ1) is 15.9. The Morgan fingerprint density at radius 3 is 1.82 bits per heavy atom. The van der Waals surface area contributed by atoms with Crippen molar-refractivity contribution in [2.24, 2.45) is 0 Å². The van der Waals surface area contributed by atoms with Crippen molar-refractivity contribution in [3.63, 3.8) is 0 Å². The number of benzene rings is 2. The van der Waals surface area contributed by atoms with E-state index in [-0.39, 0.29) is 5.69 Å². The summed E-state index contributed by atoms with van der Waals surface area (Å²) in [5.41, 5.74) is -4.18. The molecule has 0 amide bonds. The van der Waals surface area contributed by atoms with E-state index in [1.165, 1.54) is 29.0 Å². The molecule has 0 heterocycles. The van der Waals surface area contributed by atoms with Crippen LogP contribution in [0.25, 0.3) is 0 Å². The van der Waals surface area contributed by atoms with E-state index < -0.39 is 15.5 Å². The topological polar surface area (TPSA) is 46.2 Å². The summed E-state index contributed by atoms with van der Waals surface area (Å²) in [5.74, 6) is 5.72. The molecule has 1 N–H and O–H groups in total. The number of hydrogen-bond acceptors (Lipinski definition) is 2. The molecule has 114 valence electrons. The second-order valence-corrected chi connectivity index (χ2v) is 5.92. The fourth-order valence-corrected chi connectivity index (χ4v) is 2.06. The fraction of sp³-hybridized carbons (Fsp3) is 0.0667. The number of nitrogens with one attached hydrogen (secondary N) is 1. The highest BCUT2D eigenvalue weighted by Crippen LogP contribution is 2.25. The summed E-state index contributed by atoms with van der Waals surface area (Å²) in [6, 6.07) is 14.5. The molecule has 0 unspecified atom stereocenters. The Labute approximate surface area is 125 Å². The second kappa shape index (κ2) is 6.12. The Bertz CT molecular complexity index is 802. The van der Waals surface area contributed by atoms with Crippen LogP contribution in [0.5, 0.6) is 0 Å². The lowest BCUT2D eigenvalue weighted by Crippen LogP contribution is -2.29. The van der Waals surface area contributed by atoms with E-state index in [0.717, 1.165) is 5.56 Å². The SMILES string of the molecule is O=S(=O)(Nc1ccc(C#Cc2ccccc2)cc1)C(F)(F)F. The molecule has 0 radical (unpaired) electrons. The molecule has 2 rings (SSSR count). The van der Waals surface area contributed by atoms with E-state index in [9.17, 15) is 21.6 Å². The Morgan fingerprint density at radius 1 is 0.818 bits per heavy atom. The number of alkyl halides is 3. The van der Waals surface area contributed by atoms with Crippen LogP contribution in [0.3, 0.4) is 0 Å². The summed E-state index contributed by atoms with van der Waals surface area (Å²) in [6.07, 6.45) is 0. The van der Waals surface area contributed by atoms with Crippen molar-refractivity contribution in [1.29, 1.82) is 0 Å². The van der Waals surface area contributed by atoms with E-state index in [0.29, 0.717) is 5.56 Å². The number of anilines is 1. The molecule has 0 fully saturated rings.